The molecule has 0 atom stereocenters. The van der Waals surface area contributed by atoms with Gasteiger partial charge in [-0.2, -0.15) is 0 Å². The van der Waals surface area contributed by atoms with Gasteiger partial charge in [0.2, 0.25) is 5.85 Å². The summed E-state index contributed by atoms with van der Waals surface area (Å²) in [4.78, 5) is 4.61. The molecule has 0 heterocycles. The predicted octanol–water partition coefficient (Wildman–Crippen LogP) is 1.66. The van der Waals surface area contributed by atoms with Gasteiger partial charge in [0.25, 0.3) is 0 Å². The molecule has 0 aromatic carbocycles. The molecule has 0 aromatic rings. The third-order valence-corrected chi connectivity index (χ3v) is 0.884. The highest BCUT2D eigenvalue weighted by Gasteiger charge is 2.19. The molecule has 10 heavy (non-hydrogen) atoms. The Morgan fingerprint density at radius 1 is 1.40 bits per heavy atom. The fraction of sp³-hybridized carbons (Fsp3) is 1.00. The number of rotatable bonds is 3. The van der Waals surface area contributed by atoms with E-state index in [0.29, 0.717) is 0 Å². The zero-order valence-corrected chi connectivity index (χ0v) is 5.34. The Bertz CT molecular complexity index is 181. The lowest BCUT2D eigenvalue weighted by Crippen LogP contribution is -2.19. The van der Waals surface area contributed by atoms with Crippen molar-refractivity contribution in [2.75, 3.05) is 0 Å². The maximum atomic E-state index is 8.98. The lowest BCUT2D eigenvalue weighted by Gasteiger charge is -2.10. The van der Waals surface area contributed by atoms with Gasteiger partial charge in [0.1, 0.15) is 0 Å². The summed E-state index contributed by atoms with van der Waals surface area (Å²) in [5, 5.41) is 14.7. The van der Waals surface area contributed by atoms with Gasteiger partial charge in [-0.15, -0.1) is 0 Å². The minimum Gasteiger partial charge on any atom is -0.379 e. The molecule has 0 saturated heterocycles. The summed E-state index contributed by atoms with van der Waals surface area (Å²) in [6.07, 6.45) is 0.0567. The van der Waals surface area contributed by atoms with Gasteiger partial charge < -0.3 is 5.11 Å². The molecule has 7 heteroatoms. The van der Waals surface area contributed by atoms with Crippen molar-refractivity contribution in [1.29, 1.82) is 0 Å². The van der Waals surface area contributed by atoms with Crippen molar-refractivity contribution in [3.63, 3.8) is 0 Å². The molecule has 0 bridgehead atoms. The highest BCUT2D eigenvalue weighted by molar-refractivity contribution is 4.71. The van der Waals surface area contributed by atoms with E-state index in [1.165, 1.54) is 6.92 Å². The number of aliphatic hydroxyl groups is 1. The first-order valence-electron chi connectivity index (χ1n) is 2.53. The van der Waals surface area contributed by atoms with Gasteiger partial charge in [-0.3, -0.25) is 0 Å². The molecule has 0 saturated carbocycles. The Morgan fingerprint density at radius 2 is 1.80 bits per heavy atom. The molecule has 0 rings (SSSR count). The van der Waals surface area contributed by atoms with Crippen molar-refractivity contribution < 1.29 is 5.11 Å². The summed E-state index contributed by atoms with van der Waals surface area (Å²) < 4.78 is 0. The molecule has 0 fully saturated rings. The maximum Gasteiger partial charge on any atom is 0.222 e. The summed E-state index contributed by atoms with van der Waals surface area (Å²) in [6, 6.07) is 0. The third kappa shape index (κ3) is 2.23. The summed E-state index contributed by atoms with van der Waals surface area (Å²) >= 11 is 0. The molecule has 1 N–H and O–H groups in total. The van der Waals surface area contributed by atoms with Crippen molar-refractivity contribution in [3.05, 3.63) is 20.9 Å². The van der Waals surface area contributed by atoms with E-state index in [9.17, 15) is 0 Å². The van der Waals surface area contributed by atoms with Gasteiger partial charge in [0.15, 0.2) is 0 Å². The van der Waals surface area contributed by atoms with E-state index in [-0.39, 0.29) is 6.42 Å². The number of azide groups is 1. The number of hydrogen-bond acceptors (Lipinski definition) is 3. The quantitative estimate of drug-likeness (QED) is 0.360. The minimum atomic E-state index is -1.94. The standard InChI is InChI=1S/C3H6N6O/c1-2-3(10,6-8-4)7-9-5/h10H,2H2,1H3. The average molecular weight is 142 g/mol. The van der Waals surface area contributed by atoms with Crippen LogP contribution in [0.2, 0.25) is 0 Å². The zero-order chi connectivity index (χ0) is 8.04. The largest absolute Gasteiger partial charge is 0.379 e. The van der Waals surface area contributed by atoms with Crippen LogP contribution in [0.5, 0.6) is 0 Å². The van der Waals surface area contributed by atoms with Crippen molar-refractivity contribution >= 4 is 0 Å². The lowest BCUT2D eigenvalue weighted by molar-refractivity contribution is 0.0508. The predicted molar refractivity (Wildman–Crippen MR) is 33.5 cm³/mol. The number of hydrogen-bond donors (Lipinski definition) is 1. The first-order valence-corrected chi connectivity index (χ1v) is 2.53. The second-order valence-corrected chi connectivity index (χ2v) is 1.51. The van der Waals surface area contributed by atoms with Gasteiger partial charge in [0.05, 0.1) is 0 Å². The number of nitrogens with zero attached hydrogens (tertiary/aromatic N) is 6. The SMILES string of the molecule is CCC(O)(N=[N+]=[N-])N=[N+]=[N-]. The van der Waals surface area contributed by atoms with E-state index in [1.807, 2.05) is 0 Å². The zero-order valence-electron chi connectivity index (χ0n) is 5.34. The fourth-order valence-corrected chi connectivity index (χ4v) is 0.305. The summed E-state index contributed by atoms with van der Waals surface area (Å²) in [5.74, 6) is -1.94. The Labute approximate surface area is 56.5 Å². The maximum absolute atomic E-state index is 8.98. The van der Waals surface area contributed by atoms with Crippen LogP contribution in [-0.2, 0) is 0 Å². The van der Waals surface area contributed by atoms with Crippen LogP contribution in [0.25, 0.3) is 20.9 Å². The Morgan fingerprint density at radius 3 is 2.00 bits per heavy atom. The smallest absolute Gasteiger partial charge is 0.222 e. The average Bonchev–Trinajstić information content (AvgIpc) is 1.89. The fourth-order valence-electron chi connectivity index (χ4n) is 0.305. The van der Waals surface area contributed by atoms with Crippen LogP contribution in [0.4, 0.5) is 0 Å². The molecule has 0 spiro atoms. The summed E-state index contributed by atoms with van der Waals surface area (Å²) in [6.45, 7) is 1.53. The van der Waals surface area contributed by atoms with Crippen LogP contribution in [-0.4, -0.2) is 11.0 Å². The van der Waals surface area contributed by atoms with Crippen LogP contribution in [0.15, 0.2) is 10.2 Å². The van der Waals surface area contributed by atoms with Crippen LogP contribution in [0.1, 0.15) is 13.3 Å². The lowest BCUT2D eigenvalue weighted by atomic mass is 10.3. The molecule has 0 amide bonds. The van der Waals surface area contributed by atoms with Crippen LogP contribution < -0.4 is 0 Å². The molecular formula is C3H6N6O. The van der Waals surface area contributed by atoms with Gasteiger partial charge in [-0.25, -0.2) is 0 Å². The van der Waals surface area contributed by atoms with Gasteiger partial charge in [-0.1, -0.05) is 17.2 Å². The van der Waals surface area contributed by atoms with E-state index in [4.69, 9.17) is 16.2 Å². The summed E-state index contributed by atoms with van der Waals surface area (Å²) in [7, 11) is 0. The van der Waals surface area contributed by atoms with E-state index in [2.05, 4.69) is 20.1 Å². The van der Waals surface area contributed by atoms with E-state index in [0.717, 1.165) is 0 Å². The van der Waals surface area contributed by atoms with Crippen LogP contribution >= 0.6 is 0 Å². The van der Waals surface area contributed by atoms with Crippen molar-refractivity contribution in [2.45, 2.75) is 19.2 Å². The molecular weight excluding hydrogens is 136 g/mol. The minimum absolute atomic E-state index is 0.0567. The molecule has 7 nitrogen and oxygen atoms in total. The second kappa shape index (κ2) is 3.58. The molecule has 0 aromatic heterocycles. The van der Waals surface area contributed by atoms with Gasteiger partial charge in [0, 0.05) is 9.82 Å². The van der Waals surface area contributed by atoms with Crippen molar-refractivity contribution in [2.24, 2.45) is 10.2 Å². The van der Waals surface area contributed by atoms with Crippen LogP contribution in [0.3, 0.4) is 0 Å². The highest BCUT2D eigenvalue weighted by Crippen LogP contribution is 2.13. The summed E-state index contributed by atoms with van der Waals surface area (Å²) in [5.41, 5.74) is 15.7. The van der Waals surface area contributed by atoms with E-state index in [1.54, 1.807) is 0 Å². The Balaban J connectivity index is 4.52. The highest BCUT2D eigenvalue weighted by atomic mass is 16.3. The molecule has 0 unspecified atom stereocenters. The molecule has 0 aliphatic rings. The Hall–Kier alpha value is -1.42. The monoisotopic (exact) mass is 142 g/mol. The van der Waals surface area contributed by atoms with Crippen LogP contribution in [0, 0.1) is 0 Å². The Kier molecular flexibility index (Phi) is 3.07. The first kappa shape index (κ1) is 8.58. The molecule has 0 aliphatic heterocycles. The van der Waals surface area contributed by atoms with E-state index >= 15 is 0 Å². The van der Waals surface area contributed by atoms with Crippen molar-refractivity contribution in [1.82, 2.24) is 0 Å². The van der Waals surface area contributed by atoms with Gasteiger partial charge in [-0.05, 0) is 17.5 Å². The molecule has 54 valence electrons. The topological polar surface area (TPSA) is 118 Å². The second-order valence-electron chi connectivity index (χ2n) is 1.51. The van der Waals surface area contributed by atoms with E-state index < -0.39 is 5.85 Å². The molecule has 0 aliphatic carbocycles. The van der Waals surface area contributed by atoms with Crippen molar-refractivity contribution in [3.8, 4) is 0 Å². The van der Waals surface area contributed by atoms with Gasteiger partial charge >= 0.3 is 0 Å². The third-order valence-electron chi connectivity index (χ3n) is 0.884. The molecule has 0 radical (unpaired) electrons. The normalized spacial score (nSPS) is 14.2. The first-order chi connectivity index (χ1) is 4.68.